The number of aryl methyl sites for hydroxylation is 1. The lowest BCUT2D eigenvalue weighted by Crippen LogP contribution is -2.57. The number of morpholine rings is 1. The maximum Gasteiger partial charge on any atom is 0.0812 e. The molecule has 1 aromatic heterocycles. The van der Waals surface area contributed by atoms with E-state index in [9.17, 15) is 0 Å². The molecule has 2 rings (SSSR count). The standard InChI is InChI=1S/C14H26N4O/c1-5-14(2,18-8-10-19-11-9-18)13(15-3)12-6-7-17(4)16-12/h6-7,13,15H,5,8-11H2,1-4H3. The molecule has 1 aromatic rings. The van der Waals surface area contributed by atoms with Crippen molar-refractivity contribution in [1.82, 2.24) is 20.0 Å². The summed E-state index contributed by atoms with van der Waals surface area (Å²) in [5.41, 5.74) is 1.17. The SMILES string of the molecule is CCC(C)(C(NC)c1ccn(C)n1)N1CCOCC1. The van der Waals surface area contributed by atoms with Gasteiger partial charge in [-0.25, -0.2) is 0 Å². The Morgan fingerprint density at radius 1 is 1.47 bits per heavy atom. The third-order valence-electron chi connectivity index (χ3n) is 4.39. The van der Waals surface area contributed by atoms with Crippen molar-refractivity contribution >= 4 is 0 Å². The minimum atomic E-state index is 0.0624. The predicted molar refractivity (Wildman–Crippen MR) is 76.1 cm³/mol. The van der Waals surface area contributed by atoms with Gasteiger partial charge in [-0.05, 0) is 26.5 Å². The molecule has 2 heterocycles. The summed E-state index contributed by atoms with van der Waals surface area (Å²) in [6, 6.07) is 2.34. The summed E-state index contributed by atoms with van der Waals surface area (Å²) in [6.45, 7) is 8.23. The van der Waals surface area contributed by atoms with Crippen LogP contribution < -0.4 is 5.32 Å². The van der Waals surface area contributed by atoms with Crippen molar-refractivity contribution in [3.8, 4) is 0 Å². The second-order valence-electron chi connectivity index (χ2n) is 5.45. The van der Waals surface area contributed by atoms with Gasteiger partial charge in [0.2, 0.25) is 0 Å². The summed E-state index contributed by atoms with van der Waals surface area (Å²) in [4.78, 5) is 2.53. The van der Waals surface area contributed by atoms with Crippen LogP contribution in [0.1, 0.15) is 32.0 Å². The van der Waals surface area contributed by atoms with Crippen LogP contribution in [0.5, 0.6) is 0 Å². The molecule has 0 amide bonds. The van der Waals surface area contributed by atoms with Crippen molar-refractivity contribution in [3.05, 3.63) is 18.0 Å². The molecule has 0 spiro atoms. The molecule has 1 N–H and O–H groups in total. The monoisotopic (exact) mass is 266 g/mol. The molecule has 2 unspecified atom stereocenters. The number of hydrogen-bond donors (Lipinski definition) is 1. The van der Waals surface area contributed by atoms with Crippen LogP contribution in [-0.4, -0.2) is 53.6 Å². The molecule has 2 atom stereocenters. The van der Waals surface area contributed by atoms with Crippen LogP contribution in [0.4, 0.5) is 0 Å². The first-order valence-corrected chi connectivity index (χ1v) is 7.11. The quantitative estimate of drug-likeness (QED) is 0.869. The molecule has 0 aromatic carbocycles. The third kappa shape index (κ3) is 2.83. The fourth-order valence-corrected chi connectivity index (χ4v) is 3.05. The summed E-state index contributed by atoms with van der Waals surface area (Å²) in [7, 11) is 3.99. The summed E-state index contributed by atoms with van der Waals surface area (Å²) >= 11 is 0. The van der Waals surface area contributed by atoms with E-state index in [1.54, 1.807) is 0 Å². The van der Waals surface area contributed by atoms with Gasteiger partial charge in [-0.1, -0.05) is 6.92 Å². The molecule has 1 saturated heterocycles. The molecule has 1 fully saturated rings. The number of aromatic nitrogens is 2. The molecule has 0 bridgehead atoms. The number of nitrogens with zero attached hydrogens (tertiary/aromatic N) is 3. The van der Waals surface area contributed by atoms with Crippen LogP contribution in [0, 0.1) is 0 Å². The van der Waals surface area contributed by atoms with Crippen LogP contribution in [0.25, 0.3) is 0 Å². The largest absolute Gasteiger partial charge is 0.379 e. The molecular weight excluding hydrogens is 240 g/mol. The molecule has 0 radical (unpaired) electrons. The number of ether oxygens (including phenoxy) is 1. The molecule has 108 valence electrons. The Bertz CT molecular complexity index is 400. The molecule has 19 heavy (non-hydrogen) atoms. The molecule has 1 aliphatic rings. The van der Waals surface area contributed by atoms with E-state index in [2.05, 4.69) is 35.2 Å². The van der Waals surface area contributed by atoms with E-state index in [0.29, 0.717) is 0 Å². The summed E-state index contributed by atoms with van der Waals surface area (Å²) < 4.78 is 7.35. The van der Waals surface area contributed by atoms with Gasteiger partial charge in [0.25, 0.3) is 0 Å². The van der Waals surface area contributed by atoms with Gasteiger partial charge in [-0.3, -0.25) is 9.58 Å². The highest BCUT2D eigenvalue weighted by Gasteiger charge is 2.40. The molecule has 1 aliphatic heterocycles. The van der Waals surface area contributed by atoms with Crippen LogP contribution in [-0.2, 0) is 11.8 Å². The van der Waals surface area contributed by atoms with Gasteiger partial charge in [-0.15, -0.1) is 0 Å². The van der Waals surface area contributed by atoms with Gasteiger partial charge >= 0.3 is 0 Å². The first-order chi connectivity index (χ1) is 9.11. The lowest BCUT2D eigenvalue weighted by molar-refractivity contribution is -0.0325. The topological polar surface area (TPSA) is 42.3 Å². The Balaban J connectivity index is 2.25. The fourth-order valence-electron chi connectivity index (χ4n) is 3.05. The predicted octanol–water partition coefficient (Wildman–Crippen LogP) is 1.18. The number of nitrogens with one attached hydrogen (secondary N) is 1. The second-order valence-corrected chi connectivity index (χ2v) is 5.45. The smallest absolute Gasteiger partial charge is 0.0812 e. The normalized spacial score (nSPS) is 22.1. The Morgan fingerprint density at radius 3 is 2.63 bits per heavy atom. The maximum atomic E-state index is 5.48. The highest BCUT2D eigenvalue weighted by Crippen LogP contribution is 2.33. The van der Waals surface area contributed by atoms with Gasteiger partial charge in [0.1, 0.15) is 0 Å². The van der Waals surface area contributed by atoms with E-state index in [1.807, 2.05) is 25.0 Å². The van der Waals surface area contributed by atoms with Crippen molar-refractivity contribution in [2.45, 2.75) is 31.8 Å². The zero-order valence-electron chi connectivity index (χ0n) is 12.5. The van der Waals surface area contributed by atoms with Gasteiger partial charge < -0.3 is 10.1 Å². The zero-order chi connectivity index (χ0) is 13.9. The first-order valence-electron chi connectivity index (χ1n) is 7.11. The molecular formula is C14H26N4O. The number of hydrogen-bond acceptors (Lipinski definition) is 4. The lowest BCUT2D eigenvalue weighted by atomic mass is 9.85. The Kier molecular flexibility index (Phi) is 4.60. The van der Waals surface area contributed by atoms with E-state index < -0.39 is 0 Å². The molecule has 5 nitrogen and oxygen atoms in total. The van der Waals surface area contributed by atoms with Crippen molar-refractivity contribution in [1.29, 1.82) is 0 Å². The van der Waals surface area contributed by atoms with Crippen LogP contribution in [0.2, 0.25) is 0 Å². The maximum absolute atomic E-state index is 5.48. The van der Waals surface area contributed by atoms with Crippen LogP contribution in [0.15, 0.2) is 12.3 Å². The summed E-state index contributed by atoms with van der Waals surface area (Å²) in [5.74, 6) is 0. The minimum absolute atomic E-state index is 0.0624. The summed E-state index contributed by atoms with van der Waals surface area (Å²) in [6.07, 6.45) is 3.09. The van der Waals surface area contributed by atoms with E-state index >= 15 is 0 Å². The number of likely N-dealkylation sites (N-methyl/N-ethyl adjacent to an activating group) is 1. The zero-order valence-corrected chi connectivity index (χ0v) is 12.5. The second kappa shape index (κ2) is 6.03. The van der Waals surface area contributed by atoms with Gasteiger partial charge in [0, 0.05) is 31.9 Å². The third-order valence-corrected chi connectivity index (χ3v) is 4.39. The van der Waals surface area contributed by atoms with Gasteiger partial charge in [0.05, 0.1) is 24.9 Å². The first kappa shape index (κ1) is 14.5. The van der Waals surface area contributed by atoms with E-state index in [1.165, 1.54) is 0 Å². The lowest BCUT2D eigenvalue weighted by Gasteiger charge is -2.47. The Morgan fingerprint density at radius 2 is 2.16 bits per heavy atom. The van der Waals surface area contributed by atoms with Crippen molar-refractivity contribution in [3.63, 3.8) is 0 Å². The minimum Gasteiger partial charge on any atom is -0.379 e. The average Bonchev–Trinajstić information content (AvgIpc) is 2.86. The van der Waals surface area contributed by atoms with E-state index in [4.69, 9.17) is 4.74 Å². The Hall–Kier alpha value is -0.910. The van der Waals surface area contributed by atoms with Crippen molar-refractivity contribution in [2.24, 2.45) is 7.05 Å². The van der Waals surface area contributed by atoms with Gasteiger partial charge in [0.15, 0.2) is 0 Å². The number of rotatable bonds is 5. The van der Waals surface area contributed by atoms with Crippen molar-refractivity contribution in [2.75, 3.05) is 33.4 Å². The van der Waals surface area contributed by atoms with Crippen LogP contribution in [0.3, 0.4) is 0 Å². The van der Waals surface area contributed by atoms with E-state index in [-0.39, 0.29) is 11.6 Å². The highest BCUT2D eigenvalue weighted by atomic mass is 16.5. The summed E-state index contributed by atoms with van der Waals surface area (Å²) in [5, 5.41) is 8.05. The van der Waals surface area contributed by atoms with Crippen LogP contribution >= 0.6 is 0 Å². The molecule has 0 saturated carbocycles. The van der Waals surface area contributed by atoms with Crippen molar-refractivity contribution < 1.29 is 4.74 Å². The fraction of sp³-hybridized carbons (Fsp3) is 0.786. The molecule has 0 aliphatic carbocycles. The molecule has 5 heteroatoms. The average molecular weight is 266 g/mol. The highest BCUT2D eigenvalue weighted by molar-refractivity contribution is 5.13. The Labute approximate surface area is 115 Å². The van der Waals surface area contributed by atoms with E-state index in [0.717, 1.165) is 38.4 Å². The van der Waals surface area contributed by atoms with Gasteiger partial charge in [-0.2, -0.15) is 5.10 Å².